The minimum absolute atomic E-state index is 0.0175. The lowest BCUT2D eigenvalue weighted by Gasteiger charge is -2.24. The SMILES string of the molecule is CCCCCCCCCCCCCCCCCC(=O)OCC(COP(=O)(O)OCC[N+](C)(C)C)OC(=O)CCCNC(=O)C(C)c1ccc2cc(OC)ccc2c1. The molecule has 0 bridgehead atoms. The van der Waals surface area contributed by atoms with Gasteiger partial charge in [0, 0.05) is 19.4 Å². The molecule has 13 heteroatoms. The Balaban J connectivity index is 1.73. The van der Waals surface area contributed by atoms with Crippen LogP contribution in [0.1, 0.15) is 141 Å². The number of carbonyl (C=O) groups excluding carboxylic acids is 3. The summed E-state index contributed by atoms with van der Waals surface area (Å²) < 4.78 is 39.5. The Morgan fingerprint density at radius 1 is 0.737 bits per heavy atom. The number of rotatable bonds is 33. The predicted octanol–water partition coefficient (Wildman–Crippen LogP) is 9.40. The molecule has 0 spiro atoms. The molecule has 12 nitrogen and oxygen atoms in total. The van der Waals surface area contributed by atoms with E-state index in [0.717, 1.165) is 41.3 Å². The van der Waals surface area contributed by atoms with Crippen LogP contribution < -0.4 is 10.1 Å². The number of fused-ring (bicyclic) bond motifs is 1. The third kappa shape index (κ3) is 23.9. The normalized spacial score (nSPS) is 13.8. The first-order valence-electron chi connectivity index (χ1n) is 21.4. The van der Waals surface area contributed by atoms with Crippen molar-refractivity contribution >= 4 is 36.4 Å². The number of likely N-dealkylation sites (N-methyl/N-ethyl adjacent to an activating group) is 1. The van der Waals surface area contributed by atoms with Gasteiger partial charge in [0.15, 0.2) is 6.10 Å². The van der Waals surface area contributed by atoms with Gasteiger partial charge in [-0.1, -0.05) is 121 Å². The summed E-state index contributed by atoms with van der Waals surface area (Å²) in [5, 5.41) is 4.89. The van der Waals surface area contributed by atoms with Crippen molar-refractivity contribution in [2.45, 2.75) is 141 Å². The number of phosphoric acid groups is 1. The number of ether oxygens (including phenoxy) is 3. The van der Waals surface area contributed by atoms with E-state index in [1.54, 1.807) is 7.11 Å². The zero-order valence-electron chi connectivity index (χ0n) is 35.9. The number of unbranched alkanes of at least 4 members (excludes halogenated alkanes) is 14. The average Bonchev–Trinajstić information content (AvgIpc) is 3.17. The van der Waals surface area contributed by atoms with Gasteiger partial charge < -0.3 is 28.9 Å². The molecular weight excluding hydrogens is 747 g/mol. The standard InChI is InChI=1S/C44H73N2O10P/c1-7-8-9-10-11-12-13-14-15-16-17-18-19-20-21-23-42(47)53-34-41(35-55-57(50,51)54-31-30-46(3,4)5)56-43(48)24-22-29-45-44(49)36(2)37-25-26-39-33-40(52-6)28-27-38(39)32-37/h25-28,32-33,36,41H,7-24,29-31,34-35H2,1-6H3,(H-,45,49,50,51)/p+1. The van der Waals surface area contributed by atoms with E-state index in [-0.39, 0.29) is 38.5 Å². The fourth-order valence-corrected chi connectivity index (χ4v) is 7.03. The van der Waals surface area contributed by atoms with E-state index in [1.807, 2.05) is 64.5 Å². The maximum Gasteiger partial charge on any atom is 0.472 e. The summed E-state index contributed by atoms with van der Waals surface area (Å²) in [6.07, 6.45) is 17.8. The van der Waals surface area contributed by atoms with Crippen molar-refractivity contribution in [2.75, 3.05) is 61.2 Å². The van der Waals surface area contributed by atoms with E-state index in [4.69, 9.17) is 23.3 Å². The van der Waals surface area contributed by atoms with Crippen molar-refractivity contribution in [2.24, 2.45) is 0 Å². The number of hydrogen-bond acceptors (Lipinski definition) is 9. The highest BCUT2D eigenvalue weighted by Crippen LogP contribution is 2.43. The van der Waals surface area contributed by atoms with E-state index in [1.165, 1.54) is 70.6 Å². The average molecular weight is 822 g/mol. The van der Waals surface area contributed by atoms with Crippen molar-refractivity contribution in [3.63, 3.8) is 0 Å². The molecule has 0 aliphatic heterocycles. The molecule has 0 radical (unpaired) electrons. The highest BCUT2D eigenvalue weighted by molar-refractivity contribution is 7.47. The Hall–Kier alpha value is -3.02. The quantitative estimate of drug-likeness (QED) is 0.0309. The summed E-state index contributed by atoms with van der Waals surface area (Å²) in [7, 11) is 2.93. The Bertz CT molecular complexity index is 1500. The number of nitrogens with one attached hydrogen (secondary N) is 1. The van der Waals surface area contributed by atoms with Crippen LogP contribution in [-0.2, 0) is 37.5 Å². The van der Waals surface area contributed by atoms with Gasteiger partial charge in [-0.2, -0.15) is 0 Å². The zero-order chi connectivity index (χ0) is 41.9. The molecule has 0 fully saturated rings. The van der Waals surface area contributed by atoms with Crippen molar-refractivity contribution in [1.29, 1.82) is 0 Å². The molecule has 2 rings (SSSR count). The van der Waals surface area contributed by atoms with Gasteiger partial charge in [-0.25, -0.2) is 4.57 Å². The summed E-state index contributed by atoms with van der Waals surface area (Å²) in [5.74, 6) is -0.869. The highest BCUT2D eigenvalue weighted by atomic mass is 31.2. The van der Waals surface area contributed by atoms with E-state index in [0.29, 0.717) is 23.9 Å². The second kappa shape index (κ2) is 28.4. The Morgan fingerprint density at radius 2 is 1.30 bits per heavy atom. The second-order valence-corrected chi connectivity index (χ2v) is 17.6. The molecule has 0 heterocycles. The van der Waals surface area contributed by atoms with Crippen LogP contribution in [0.25, 0.3) is 10.8 Å². The molecule has 0 saturated carbocycles. The smallest absolute Gasteiger partial charge is 0.472 e. The molecule has 324 valence electrons. The van der Waals surface area contributed by atoms with Crippen molar-refractivity contribution in [3.05, 3.63) is 42.0 Å². The van der Waals surface area contributed by atoms with E-state index >= 15 is 0 Å². The van der Waals surface area contributed by atoms with Gasteiger partial charge in [-0.05, 0) is 48.2 Å². The van der Waals surface area contributed by atoms with Gasteiger partial charge in [-0.15, -0.1) is 0 Å². The van der Waals surface area contributed by atoms with Crippen molar-refractivity contribution in [1.82, 2.24) is 5.32 Å². The van der Waals surface area contributed by atoms with Crippen molar-refractivity contribution in [3.8, 4) is 5.75 Å². The van der Waals surface area contributed by atoms with Gasteiger partial charge in [0.05, 0.1) is 40.8 Å². The molecule has 0 aromatic heterocycles. The van der Waals surface area contributed by atoms with E-state index < -0.39 is 38.4 Å². The van der Waals surface area contributed by atoms with Gasteiger partial charge in [-0.3, -0.25) is 23.4 Å². The number of amides is 1. The lowest BCUT2D eigenvalue weighted by molar-refractivity contribution is -0.870. The van der Waals surface area contributed by atoms with E-state index in [2.05, 4.69) is 12.2 Å². The number of phosphoric ester groups is 1. The number of methoxy groups -OCH3 is 1. The van der Waals surface area contributed by atoms with E-state index in [9.17, 15) is 23.8 Å². The topological polar surface area (TPSA) is 147 Å². The minimum atomic E-state index is -4.45. The van der Waals surface area contributed by atoms with Crippen LogP contribution in [-0.4, -0.2) is 94.5 Å². The predicted molar refractivity (Wildman–Crippen MR) is 226 cm³/mol. The lowest BCUT2D eigenvalue weighted by atomic mass is 9.97. The number of hydrogen-bond donors (Lipinski definition) is 2. The molecule has 2 aromatic rings. The second-order valence-electron chi connectivity index (χ2n) is 16.2. The van der Waals surface area contributed by atoms with Crippen LogP contribution in [0.3, 0.4) is 0 Å². The first kappa shape index (κ1) is 50.1. The third-order valence-electron chi connectivity index (χ3n) is 9.97. The number of carbonyl (C=O) groups is 3. The molecule has 2 N–H and O–H groups in total. The summed E-state index contributed by atoms with van der Waals surface area (Å²) in [6.45, 7) is 3.95. The van der Waals surface area contributed by atoms with Crippen molar-refractivity contribution < 1.29 is 51.6 Å². The van der Waals surface area contributed by atoms with Crippen LogP contribution in [0.4, 0.5) is 0 Å². The van der Waals surface area contributed by atoms with Crippen LogP contribution in [0.5, 0.6) is 5.75 Å². The summed E-state index contributed by atoms with van der Waals surface area (Å²) in [4.78, 5) is 48.5. The molecule has 0 aliphatic rings. The molecule has 1 amide bonds. The maximum atomic E-state index is 12.9. The Kier molecular flexibility index (Phi) is 25.0. The molecule has 57 heavy (non-hydrogen) atoms. The number of nitrogens with zero attached hydrogens (tertiary/aromatic N) is 1. The molecule has 3 unspecified atom stereocenters. The van der Waals surface area contributed by atoms with Crippen LogP contribution >= 0.6 is 7.82 Å². The first-order valence-corrected chi connectivity index (χ1v) is 22.9. The zero-order valence-corrected chi connectivity index (χ0v) is 36.8. The fourth-order valence-electron chi connectivity index (χ4n) is 6.29. The van der Waals surface area contributed by atoms with Gasteiger partial charge in [0.1, 0.15) is 25.5 Å². The highest BCUT2D eigenvalue weighted by Gasteiger charge is 2.27. The van der Waals surface area contributed by atoms with Crippen LogP contribution in [0, 0.1) is 0 Å². The number of quaternary nitrogens is 1. The molecule has 2 aromatic carbocycles. The molecular formula is C44H74N2O10P+. The number of benzene rings is 2. The largest absolute Gasteiger partial charge is 0.497 e. The Morgan fingerprint density at radius 3 is 1.89 bits per heavy atom. The third-order valence-corrected chi connectivity index (χ3v) is 11.0. The summed E-state index contributed by atoms with van der Waals surface area (Å²) in [5.41, 5.74) is 0.865. The van der Waals surface area contributed by atoms with Crippen LogP contribution in [0.2, 0.25) is 0 Å². The maximum absolute atomic E-state index is 12.9. The summed E-state index contributed by atoms with van der Waals surface area (Å²) >= 11 is 0. The monoisotopic (exact) mass is 822 g/mol. The van der Waals surface area contributed by atoms with Gasteiger partial charge in [0.25, 0.3) is 0 Å². The number of esters is 2. The van der Waals surface area contributed by atoms with Crippen LogP contribution in [0.15, 0.2) is 36.4 Å². The van der Waals surface area contributed by atoms with Gasteiger partial charge >= 0.3 is 19.8 Å². The minimum Gasteiger partial charge on any atom is -0.497 e. The molecule has 0 aliphatic carbocycles. The fraction of sp³-hybridized carbons (Fsp3) is 0.705. The molecule has 0 saturated heterocycles. The molecule has 3 atom stereocenters. The van der Waals surface area contributed by atoms with Gasteiger partial charge in [0.2, 0.25) is 5.91 Å². The lowest BCUT2D eigenvalue weighted by Crippen LogP contribution is -2.37. The first-order chi connectivity index (χ1) is 27.2. The Labute approximate surface area is 342 Å². The summed E-state index contributed by atoms with van der Waals surface area (Å²) in [6, 6.07) is 11.6.